The molecule has 1 aromatic rings. The molecule has 3 nitrogen and oxygen atoms in total. The van der Waals surface area contributed by atoms with Gasteiger partial charge in [-0.25, -0.2) is 0 Å². The molecule has 2 rings (SSSR count). The molecular formula is C11H6Br2F6N2OS. The van der Waals surface area contributed by atoms with E-state index in [1.165, 1.54) is 0 Å². The Bertz CT molecular complexity index is 625. The van der Waals surface area contributed by atoms with Crippen molar-refractivity contribution < 1.29 is 31.1 Å². The van der Waals surface area contributed by atoms with Gasteiger partial charge in [0.1, 0.15) is 16.9 Å². The maximum Gasteiger partial charge on any atom is 0.573 e. The number of ether oxygens (including phenoxy) is 1. The number of rotatable bonds is 2. The first-order valence-electron chi connectivity index (χ1n) is 5.62. The molecule has 0 bridgehead atoms. The second-order valence-electron chi connectivity index (χ2n) is 4.18. The molecule has 0 amide bonds. The molecule has 0 aliphatic carbocycles. The Balaban J connectivity index is 2.46. The van der Waals surface area contributed by atoms with Crippen molar-refractivity contribution in [2.45, 2.75) is 18.0 Å². The molecule has 1 aromatic carbocycles. The lowest BCUT2D eigenvalue weighted by Gasteiger charge is -2.29. The zero-order valence-electron chi connectivity index (χ0n) is 10.7. The standard InChI is InChI=1S/C11H6Br2F6N2OS/c12-5-1-4(22-11(17,18)19)2-6(13)8(5)21-7(10(14,15)16)3-23-9(21)20/h1-3,9H,20H2. The van der Waals surface area contributed by atoms with Gasteiger partial charge in [-0.1, -0.05) is 11.8 Å². The summed E-state index contributed by atoms with van der Waals surface area (Å²) in [6, 6.07) is 1.83. The number of thioether (sulfide) groups is 1. The second-order valence-corrected chi connectivity index (χ2v) is 6.88. The predicted octanol–water partition coefficient (Wildman–Crippen LogP) is 5.31. The first kappa shape index (κ1) is 18.7. The maximum atomic E-state index is 13.1. The van der Waals surface area contributed by atoms with E-state index in [4.69, 9.17) is 5.73 Å². The number of allylic oxidation sites excluding steroid dienone is 1. The number of anilines is 1. The van der Waals surface area contributed by atoms with Crippen molar-refractivity contribution in [3.63, 3.8) is 0 Å². The molecule has 1 aliphatic heterocycles. The van der Waals surface area contributed by atoms with Gasteiger partial charge >= 0.3 is 12.5 Å². The monoisotopic (exact) mass is 486 g/mol. The van der Waals surface area contributed by atoms with Gasteiger partial charge in [-0.05, 0) is 44.0 Å². The summed E-state index contributed by atoms with van der Waals surface area (Å²) in [7, 11) is 0. The topological polar surface area (TPSA) is 38.5 Å². The van der Waals surface area contributed by atoms with Crippen LogP contribution in [0.15, 0.2) is 32.2 Å². The lowest BCUT2D eigenvalue weighted by molar-refractivity contribution is -0.274. The van der Waals surface area contributed by atoms with Crippen LogP contribution in [-0.2, 0) is 0 Å². The molecule has 1 heterocycles. The van der Waals surface area contributed by atoms with Gasteiger partial charge in [0.2, 0.25) is 0 Å². The molecule has 128 valence electrons. The van der Waals surface area contributed by atoms with Crippen LogP contribution in [0, 0.1) is 0 Å². The number of hydrogen-bond acceptors (Lipinski definition) is 4. The summed E-state index contributed by atoms with van der Waals surface area (Å²) >= 11 is 6.65. The summed E-state index contributed by atoms with van der Waals surface area (Å²) in [5.41, 5.74) is 3.52. The highest BCUT2D eigenvalue weighted by molar-refractivity contribution is 9.11. The quantitative estimate of drug-likeness (QED) is 0.574. The minimum absolute atomic E-state index is 0.0424. The summed E-state index contributed by atoms with van der Waals surface area (Å²) < 4.78 is 79.5. The Morgan fingerprint density at radius 2 is 1.61 bits per heavy atom. The molecule has 12 heteroatoms. The van der Waals surface area contributed by atoms with E-state index in [1.54, 1.807) is 0 Å². The highest BCUT2D eigenvalue weighted by atomic mass is 79.9. The summed E-state index contributed by atoms with van der Waals surface area (Å²) in [4.78, 5) is 0.774. The molecule has 0 radical (unpaired) electrons. The summed E-state index contributed by atoms with van der Waals surface area (Å²) in [6.45, 7) is 0. The summed E-state index contributed by atoms with van der Waals surface area (Å²) in [6.07, 6.45) is -9.58. The molecule has 23 heavy (non-hydrogen) atoms. The summed E-state index contributed by atoms with van der Waals surface area (Å²) in [5, 5.41) is 0.851. The Labute approximate surface area is 147 Å². The van der Waals surface area contributed by atoms with Crippen molar-refractivity contribution in [2.75, 3.05) is 4.90 Å². The van der Waals surface area contributed by atoms with Crippen molar-refractivity contribution in [1.29, 1.82) is 0 Å². The van der Waals surface area contributed by atoms with Crippen molar-refractivity contribution in [2.24, 2.45) is 5.73 Å². The molecule has 1 unspecified atom stereocenters. The third kappa shape index (κ3) is 4.28. The Hall–Kier alpha value is -0.590. The lowest BCUT2D eigenvalue weighted by Crippen LogP contribution is -2.40. The van der Waals surface area contributed by atoms with Crippen molar-refractivity contribution in [3.05, 3.63) is 32.2 Å². The van der Waals surface area contributed by atoms with Gasteiger partial charge in [0.05, 0.1) is 5.69 Å². The first-order valence-corrected chi connectivity index (χ1v) is 8.15. The van der Waals surface area contributed by atoms with E-state index in [-0.39, 0.29) is 14.6 Å². The number of nitrogens with two attached hydrogens (primary N) is 1. The normalized spacial score (nSPS) is 19.1. The van der Waals surface area contributed by atoms with E-state index < -0.39 is 29.5 Å². The van der Waals surface area contributed by atoms with Gasteiger partial charge in [0.15, 0.2) is 0 Å². The number of nitrogens with zero attached hydrogens (tertiary/aromatic N) is 1. The van der Waals surface area contributed by atoms with Gasteiger partial charge in [-0.15, -0.1) is 13.2 Å². The molecule has 1 atom stereocenters. The highest BCUT2D eigenvalue weighted by Gasteiger charge is 2.44. The highest BCUT2D eigenvalue weighted by Crippen LogP contribution is 2.47. The molecule has 0 aromatic heterocycles. The lowest BCUT2D eigenvalue weighted by atomic mass is 10.2. The van der Waals surface area contributed by atoms with E-state index >= 15 is 0 Å². The van der Waals surface area contributed by atoms with Crippen LogP contribution in [-0.4, -0.2) is 18.0 Å². The molecule has 0 saturated heterocycles. The van der Waals surface area contributed by atoms with Crippen LogP contribution in [0.4, 0.5) is 32.0 Å². The Kier molecular flexibility index (Phi) is 5.19. The summed E-state index contributed by atoms with van der Waals surface area (Å²) in [5.74, 6) is -0.585. The zero-order valence-corrected chi connectivity index (χ0v) is 14.7. The van der Waals surface area contributed by atoms with E-state index in [9.17, 15) is 26.3 Å². The Morgan fingerprint density at radius 1 is 1.09 bits per heavy atom. The number of alkyl halides is 6. The van der Waals surface area contributed by atoms with Crippen LogP contribution in [0.5, 0.6) is 5.75 Å². The molecule has 0 spiro atoms. The number of halogens is 8. The molecule has 2 N–H and O–H groups in total. The first-order chi connectivity index (χ1) is 10.4. The fraction of sp³-hybridized carbons (Fsp3) is 0.273. The fourth-order valence-electron chi connectivity index (χ4n) is 1.80. The minimum Gasteiger partial charge on any atom is -0.406 e. The molecule has 0 saturated carbocycles. The predicted molar refractivity (Wildman–Crippen MR) is 80.7 cm³/mol. The van der Waals surface area contributed by atoms with Crippen LogP contribution < -0.4 is 15.4 Å². The molecular weight excluding hydrogens is 482 g/mol. The van der Waals surface area contributed by atoms with Crippen molar-refractivity contribution in [3.8, 4) is 5.75 Å². The Morgan fingerprint density at radius 3 is 2.04 bits per heavy atom. The third-order valence-electron chi connectivity index (χ3n) is 2.59. The average Bonchev–Trinajstić information content (AvgIpc) is 2.68. The zero-order chi connectivity index (χ0) is 17.6. The number of benzene rings is 1. The van der Waals surface area contributed by atoms with E-state index in [1.807, 2.05) is 0 Å². The smallest absolute Gasteiger partial charge is 0.406 e. The van der Waals surface area contributed by atoms with E-state index in [0.29, 0.717) is 0 Å². The minimum atomic E-state index is -4.92. The van der Waals surface area contributed by atoms with E-state index in [2.05, 4.69) is 36.6 Å². The van der Waals surface area contributed by atoms with Gasteiger partial charge in [0, 0.05) is 14.4 Å². The third-order valence-corrected chi connectivity index (χ3v) is 4.65. The van der Waals surface area contributed by atoms with Crippen LogP contribution in [0.2, 0.25) is 0 Å². The van der Waals surface area contributed by atoms with E-state index in [0.717, 1.165) is 34.2 Å². The largest absolute Gasteiger partial charge is 0.573 e. The second kappa shape index (κ2) is 6.37. The fourth-order valence-corrected chi connectivity index (χ4v) is 4.19. The van der Waals surface area contributed by atoms with Gasteiger partial charge in [0.25, 0.3) is 0 Å². The SMILES string of the molecule is NC1SC=C(C(F)(F)F)N1c1c(Br)cc(OC(F)(F)F)cc1Br. The van der Waals surface area contributed by atoms with Crippen molar-refractivity contribution >= 4 is 49.3 Å². The van der Waals surface area contributed by atoms with Crippen LogP contribution in [0.25, 0.3) is 0 Å². The van der Waals surface area contributed by atoms with Crippen molar-refractivity contribution in [1.82, 2.24) is 0 Å². The molecule has 0 fully saturated rings. The van der Waals surface area contributed by atoms with Crippen LogP contribution in [0.3, 0.4) is 0 Å². The van der Waals surface area contributed by atoms with Gasteiger partial charge in [-0.3, -0.25) is 0 Å². The van der Waals surface area contributed by atoms with Gasteiger partial charge in [-0.2, -0.15) is 13.2 Å². The van der Waals surface area contributed by atoms with Gasteiger partial charge < -0.3 is 15.4 Å². The maximum absolute atomic E-state index is 13.1. The van der Waals surface area contributed by atoms with Crippen LogP contribution >= 0.6 is 43.6 Å². The molecule has 1 aliphatic rings. The average molecular weight is 488 g/mol. The number of hydrogen-bond donors (Lipinski definition) is 1. The van der Waals surface area contributed by atoms with Crippen LogP contribution in [0.1, 0.15) is 0 Å².